The second kappa shape index (κ2) is 10.3. The molecule has 0 saturated carbocycles. The molecule has 0 unspecified atom stereocenters. The molecule has 0 aliphatic heterocycles. The van der Waals surface area contributed by atoms with Crippen LogP contribution in [0.4, 0.5) is 0 Å². The third-order valence-corrected chi connectivity index (χ3v) is 13.3. The SMILES string of the molecule is CC1(C)CCC(C)(C)c2cc3c(cc21)c1c2ccccc2c2c4ccccc4n(-c4cccc5c4-c4ccccc4C5(C)C)c2c1n3-c1ccccc1. The van der Waals surface area contributed by atoms with Crippen molar-refractivity contribution in [2.24, 2.45) is 0 Å². The van der Waals surface area contributed by atoms with Gasteiger partial charge in [0.25, 0.3) is 0 Å². The van der Waals surface area contributed by atoms with Crippen molar-refractivity contribution in [2.75, 3.05) is 0 Å². The second-order valence-electron chi connectivity index (χ2n) is 17.6. The van der Waals surface area contributed by atoms with Crippen molar-refractivity contribution < 1.29 is 0 Å². The molecule has 2 aliphatic rings. The van der Waals surface area contributed by atoms with E-state index in [0.717, 1.165) is 0 Å². The van der Waals surface area contributed by atoms with Gasteiger partial charge < -0.3 is 9.13 Å². The van der Waals surface area contributed by atoms with Gasteiger partial charge in [0.1, 0.15) is 0 Å². The van der Waals surface area contributed by atoms with E-state index in [0.29, 0.717) is 0 Å². The molecule has 258 valence electrons. The molecule has 2 heteroatoms. The monoisotopic (exact) mass is 684 g/mol. The van der Waals surface area contributed by atoms with E-state index in [4.69, 9.17) is 0 Å². The summed E-state index contributed by atoms with van der Waals surface area (Å²) in [5, 5.41) is 7.91. The molecule has 11 rings (SSSR count). The number of fused-ring (bicyclic) bond motifs is 14. The standard InChI is InChI=1S/C51H44N2/c1-49(2)27-28-50(3,4)40-30-43-36(29-39(40)49)45-33-20-11-10-19-32(33)44-35-22-13-15-25-41(35)53(48(44)47(45)52(43)31-17-8-7-9-18-31)42-26-16-24-38-46(42)34-21-12-14-23-37(34)51(38,5)6/h7-26,29-30H,27-28H2,1-6H3. The van der Waals surface area contributed by atoms with E-state index < -0.39 is 0 Å². The first kappa shape index (κ1) is 31.0. The molecule has 0 radical (unpaired) electrons. The Labute approximate surface area is 311 Å². The highest BCUT2D eigenvalue weighted by atomic mass is 15.0. The summed E-state index contributed by atoms with van der Waals surface area (Å²) in [5.74, 6) is 0. The maximum Gasteiger partial charge on any atom is 0.0795 e. The smallest absolute Gasteiger partial charge is 0.0795 e. The number of benzene rings is 7. The molecule has 0 bridgehead atoms. The lowest BCUT2D eigenvalue weighted by atomic mass is 9.63. The normalized spacial score (nSPS) is 16.8. The van der Waals surface area contributed by atoms with E-state index in [2.05, 4.69) is 184 Å². The molecule has 53 heavy (non-hydrogen) atoms. The Morgan fingerprint density at radius 1 is 0.434 bits per heavy atom. The fraction of sp³-hybridized carbons (Fsp3) is 0.216. The van der Waals surface area contributed by atoms with Crippen LogP contribution in [0.15, 0.2) is 133 Å². The van der Waals surface area contributed by atoms with Crippen LogP contribution in [-0.4, -0.2) is 9.13 Å². The molecule has 0 spiro atoms. The van der Waals surface area contributed by atoms with Crippen LogP contribution < -0.4 is 0 Å². The fourth-order valence-electron chi connectivity index (χ4n) is 10.5. The largest absolute Gasteiger partial charge is 0.307 e. The van der Waals surface area contributed by atoms with Crippen molar-refractivity contribution in [1.82, 2.24) is 9.13 Å². The number of hydrogen-bond acceptors (Lipinski definition) is 0. The van der Waals surface area contributed by atoms with Gasteiger partial charge in [-0.2, -0.15) is 0 Å². The maximum atomic E-state index is 2.63. The topological polar surface area (TPSA) is 9.86 Å². The fourth-order valence-corrected chi connectivity index (χ4v) is 10.5. The van der Waals surface area contributed by atoms with Crippen molar-refractivity contribution in [3.63, 3.8) is 0 Å². The minimum Gasteiger partial charge on any atom is -0.307 e. The van der Waals surface area contributed by atoms with Crippen LogP contribution in [-0.2, 0) is 16.2 Å². The van der Waals surface area contributed by atoms with Gasteiger partial charge in [-0.1, -0.05) is 139 Å². The number of rotatable bonds is 2. The van der Waals surface area contributed by atoms with Gasteiger partial charge in [-0.3, -0.25) is 0 Å². The van der Waals surface area contributed by atoms with Gasteiger partial charge in [-0.15, -0.1) is 0 Å². The van der Waals surface area contributed by atoms with Crippen LogP contribution in [0, 0.1) is 0 Å². The van der Waals surface area contributed by atoms with E-state index in [1.807, 2.05) is 0 Å². The quantitative estimate of drug-likeness (QED) is 0.172. The number of nitrogens with zero attached hydrogens (tertiary/aromatic N) is 2. The molecule has 2 aromatic heterocycles. The molecular weight excluding hydrogens is 641 g/mol. The van der Waals surface area contributed by atoms with Crippen LogP contribution in [0.1, 0.15) is 76.6 Å². The first-order valence-electron chi connectivity index (χ1n) is 19.3. The zero-order chi connectivity index (χ0) is 36.0. The van der Waals surface area contributed by atoms with Gasteiger partial charge in [0.2, 0.25) is 0 Å². The molecule has 9 aromatic rings. The lowest BCUT2D eigenvalue weighted by molar-refractivity contribution is 0.332. The highest BCUT2D eigenvalue weighted by molar-refractivity contribution is 6.36. The van der Waals surface area contributed by atoms with Crippen molar-refractivity contribution in [3.05, 3.63) is 156 Å². The Morgan fingerprint density at radius 3 is 1.74 bits per heavy atom. The summed E-state index contributed by atoms with van der Waals surface area (Å²) < 4.78 is 5.23. The molecule has 0 amide bonds. The molecule has 2 aliphatic carbocycles. The highest BCUT2D eigenvalue weighted by Gasteiger charge is 2.40. The average Bonchev–Trinajstić information content (AvgIpc) is 3.77. The second-order valence-corrected chi connectivity index (χ2v) is 17.6. The Balaban J connectivity index is 1.44. The van der Waals surface area contributed by atoms with E-state index in [1.165, 1.54) is 112 Å². The van der Waals surface area contributed by atoms with Crippen molar-refractivity contribution >= 4 is 54.4 Å². The van der Waals surface area contributed by atoms with Gasteiger partial charge in [0, 0.05) is 38.2 Å². The molecular formula is C51H44N2. The van der Waals surface area contributed by atoms with E-state index in [9.17, 15) is 0 Å². The lowest BCUT2D eigenvalue weighted by Crippen LogP contribution is -2.33. The van der Waals surface area contributed by atoms with Crippen molar-refractivity contribution in [3.8, 4) is 22.5 Å². The first-order valence-corrected chi connectivity index (χ1v) is 19.3. The van der Waals surface area contributed by atoms with Crippen molar-refractivity contribution in [1.29, 1.82) is 0 Å². The molecule has 2 heterocycles. The van der Waals surface area contributed by atoms with Gasteiger partial charge >= 0.3 is 0 Å². The number of hydrogen-bond donors (Lipinski definition) is 0. The summed E-state index contributed by atoms with van der Waals surface area (Å²) in [4.78, 5) is 0. The summed E-state index contributed by atoms with van der Waals surface area (Å²) in [6.45, 7) is 14.6. The molecule has 0 N–H and O–H groups in total. The van der Waals surface area contributed by atoms with Crippen LogP contribution in [0.3, 0.4) is 0 Å². The average molecular weight is 685 g/mol. The minimum atomic E-state index is -0.0969. The number of para-hydroxylation sites is 2. The van der Waals surface area contributed by atoms with Crippen molar-refractivity contribution in [2.45, 2.75) is 70.6 Å². The summed E-state index contributed by atoms with van der Waals surface area (Å²) >= 11 is 0. The summed E-state index contributed by atoms with van der Waals surface area (Å²) in [7, 11) is 0. The van der Waals surface area contributed by atoms with E-state index in [-0.39, 0.29) is 16.2 Å². The molecule has 7 aromatic carbocycles. The Kier molecular flexibility index (Phi) is 6.01. The molecule has 2 nitrogen and oxygen atoms in total. The number of aromatic nitrogens is 2. The van der Waals surface area contributed by atoms with Crippen LogP contribution in [0.2, 0.25) is 0 Å². The summed E-state index contributed by atoms with van der Waals surface area (Å²) in [6, 6.07) is 50.6. The van der Waals surface area contributed by atoms with Crippen LogP contribution in [0.25, 0.3) is 76.9 Å². The van der Waals surface area contributed by atoms with E-state index >= 15 is 0 Å². The molecule has 0 saturated heterocycles. The Morgan fingerprint density at radius 2 is 1.00 bits per heavy atom. The first-order chi connectivity index (χ1) is 25.6. The third kappa shape index (κ3) is 3.94. The predicted molar refractivity (Wildman–Crippen MR) is 225 cm³/mol. The molecule has 0 fully saturated rings. The Hall–Kier alpha value is -5.60. The third-order valence-electron chi connectivity index (χ3n) is 13.3. The minimum absolute atomic E-state index is 0.0914. The van der Waals surface area contributed by atoms with Gasteiger partial charge in [0.15, 0.2) is 0 Å². The zero-order valence-corrected chi connectivity index (χ0v) is 31.5. The van der Waals surface area contributed by atoms with Crippen LogP contribution in [0.5, 0.6) is 0 Å². The van der Waals surface area contributed by atoms with Gasteiger partial charge in [0.05, 0.1) is 27.8 Å². The summed E-state index contributed by atoms with van der Waals surface area (Å²) in [5.41, 5.74) is 16.1. The van der Waals surface area contributed by atoms with E-state index in [1.54, 1.807) is 0 Å². The van der Waals surface area contributed by atoms with Crippen LogP contribution >= 0.6 is 0 Å². The maximum absolute atomic E-state index is 2.63. The van der Waals surface area contributed by atoms with Gasteiger partial charge in [-0.05, 0) is 98.7 Å². The Bertz CT molecular complexity index is 3020. The van der Waals surface area contributed by atoms with Gasteiger partial charge in [-0.25, -0.2) is 0 Å². The summed E-state index contributed by atoms with van der Waals surface area (Å²) in [6.07, 6.45) is 2.37. The zero-order valence-electron chi connectivity index (χ0n) is 31.5. The highest BCUT2D eigenvalue weighted by Crippen LogP contribution is 2.54. The lowest BCUT2D eigenvalue weighted by Gasteiger charge is -2.42. The predicted octanol–water partition coefficient (Wildman–Crippen LogP) is 13.7. The molecule has 0 atom stereocenters.